The summed E-state index contributed by atoms with van der Waals surface area (Å²) in [6, 6.07) is 5.44. The Hall–Kier alpha value is -1.07. The third-order valence-corrected chi connectivity index (χ3v) is 5.36. The second-order valence-corrected chi connectivity index (χ2v) is 7.72. The van der Waals surface area contributed by atoms with Gasteiger partial charge in [0.25, 0.3) is 0 Å². The number of alkyl halides is 3. The van der Waals surface area contributed by atoms with Crippen LogP contribution in [-0.4, -0.2) is 6.26 Å². The van der Waals surface area contributed by atoms with Gasteiger partial charge in [-0.3, -0.25) is 0 Å². The van der Waals surface area contributed by atoms with E-state index in [9.17, 15) is 13.2 Å². The minimum absolute atomic E-state index is 0.603. The van der Waals surface area contributed by atoms with Crippen molar-refractivity contribution >= 4 is 23.5 Å². The molecule has 130 valence electrons. The Bertz CT molecular complexity index is 661. The predicted molar refractivity (Wildman–Crippen MR) is 99.2 cm³/mol. The van der Waals surface area contributed by atoms with Gasteiger partial charge in [-0.2, -0.15) is 13.2 Å². The normalized spacial score (nSPS) is 17.3. The Labute approximate surface area is 150 Å². The highest BCUT2D eigenvalue weighted by Gasteiger charge is 2.30. The van der Waals surface area contributed by atoms with Crippen molar-refractivity contribution < 1.29 is 13.2 Å². The Morgan fingerprint density at radius 2 is 1.75 bits per heavy atom. The van der Waals surface area contributed by atoms with E-state index in [-0.39, 0.29) is 0 Å². The summed E-state index contributed by atoms with van der Waals surface area (Å²) < 4.78 is 38.1. The number of benzene rings is 1. The summed E-state index contributed by atoms with van der Waals surface area (Å²) in [4.78, 5) is 2.03. The lowest BCUT2D eigenvalue weighted by atomic mass is 9.94. The van der Waals surface area contributed by atoms with Crippen LogP contribution < -0.4 is 0 Å². The van der Waals surface area contributed by atoms with Gasteiger partial charge in [0, 0.05) is 9.80 Å². The molecule has 0 atom stereocenters. The molecule has 1 aliphatic carbocycles. The van der Waals surface area contributed by atoms with Crippen LogP contribution in [0.2, 0.25) is 0 Å². The largest absolute Gasteiger partial charge is 0.416 e. The van der Waals surface area contributed by atoms with Gasteiger partial charge in [0.15, 0.2) is 0 Å². The van der Waals surface area contributed by atoms with E-state index in [1.807, 2.05) is 6.26 Å². The van der Waals surface area contributed by atoms with Gasteiger partial charge in [0.1, 0.15) is 0 Å². The quantitative estimate of drug-likeness (QED) is 0.540. The van der Waals surface area contributed by atoms with Gasteiger partial charge in [-0.25, -0.2) is 0 Å². The van der Waals surface area contributed by atoms with Crippen LogP contribution in [0.1, 0.15) is 38.7 Å². The van der Waals surface area contributed by atoms with E-state index in [1.165, 1.54) is 21.6 Å². The van der Waals surface area contributed by atoms with Gasteiger partial charge in [0.2, 0.25) is 0 Å². The topological polar surface area (TPSA) is 0 Å². The van der Waals surface area contributed by atoms with Crippen LogP contribution in [0.15, 0.2) is 62.3 Å². The van der Waals surface area contributed by atoms with Crippen LogP contribution in [0.4, 0.5) is 13.2 Å². The van der Waals surface area contributed by atoms with Crippen LogP contribution in [0.25, 0.3) is 0 Å². The maximum Gasteiger partial charge on any atom is 0.416 e. The van der Waals surface area contributed by atoms with Crippen molar-refractivity contribution in [3.8, 4) is 0 Å². The van der Waals surface area contributed by atoms with Crippen molar-refractivity contribution in [1.82, 2.24) is 0 Å². The molecule has 0 unspecified atom stereocenters. The standard InChI is InChI=1S/C19H21F3S2/c1-13(2)11-14-5-4-6-15(12-23-3)18(14)24-17-9-7-16(8-10-17)19(20,21)22/h7-12H,4-6H2,1-3H3/b15-12+. The lowest BCUT2D eigenvalue weighted by molar-refractivity contribution is -0.137. The molecule has 0 aliphatic heterocycles. The highest BCUT2D eigenvalue weighted by Crippen LogP contribution is 2.43. The molecule has 24 heavy (non-hydrogen) atoms. The fourth-order valence-corrected chi connectivity index (χ4v) is 4.29. The first-order chi connectivity index (χ1) is 11.3. The molecule has 0 heterocycles. The van der Waals surface area contributed by atoms with Gasteiger partial charge >= 0.3 is 6.18 Å². The Morgan fingerprint density at radius 1 is 1.08 bits per heavy atom. The van der Waals surface area contributed by atoms with Gasteiger partial charge in [0.05, 0.1) is 5.56 Å². The van der Waals surface area contributed by atoms with Crippen LogP contribution in [0.3, 0.4) is 0 Å². The molecule has 1 aliphatic rings. The average Bonchev–Trinajstić information content (AvgIpc) is 2.50. The van der Waals surface area contributed by atoms with E-state index in [1.54, 1.807) is 35.7 Å². The number of rotatable bonds is 4. The Kier molecular flexibility index (Phi) is 6.70. The van der Waals surface area contributed by atoms with Crippen LogP contribution in [0, 0.1) is 0 Å². The summed E-state index contributed by atoms with van der Waals surface area (Å²) in [5.74, 6) is 0. The summed E-state index contributed by atoms with van der Waals surface area (Å²) in [6.45, 7) is 4.14. The van der Waals surface area contributed by atoms with Crippen LogP contribution in [-0.2, 0) is 6.18 Å². The molecule has 1 aromatic carbocycles. The second-order valence-electron chi connectivity index (χ2n) is 5.93. The smallest absolute Gasteiger partial charge is 0.166 e. The molecule has 0 bridgehead atoms. The van der Waals surface area contributed by atoms with Crippen molar-refractivity contribution in [1.29, 1.82) is 0 Å². The maximum atomic E-state index is 12.7. The maximum absolute atomic E-state index is 12.7. The van der Waals surface area contributed by atoms with E-state index in [2.05, 4.69) is 25.3 Å². The Balaban J connectivity index is 2.36. The SMILES string of the molecule is CS/C=C1\CCCC(C=C(C)C)=C1Sc1ccc(C(F)(F)F)cc1. The van der Waals surface area contributed by atoms with Crippen LogP contribution in [0.5, 0.6) is 0 Å². The first-order valence-electron chi connectivity index (χ1n) is 7.76. The summed E-state index contributed by atoms with van der Waals surface area (Å²) >= 11 is 3.24. The molecule has 0 nitrogen and oxygen atoms in total. The third-order valence-electron chi connectivity index (χ3n) is 3.60. The van der Waals surface area contributed by atoms with Gasteiger partial charge < -0.3 is 0 Å². The van der Waals surface area contributed by atoms with Gasteiger partial charge in [-0.05, 0) is 80.2 Å². The van der Waals surface area contributed by atoms with Crippen molar-refractivity contribution in [3.05, 3.63) is 62.9 Å². The van der Waals surface area contributed by atoms with Gasteiger partial charge in [-0.1, -0.05) is 23.4 Å². The highest BCUT2D eigenvalue weighted by molar-refractivity contribution is 8.03. The van der Waals surface area contributed by atoms with Crippen LogP contribution >= 0.6 is 23.5 Å². The van der Waals surface area contributed by atoms with Crippen molar-refractivity contribution in [2.75, 3.05) is 6.26 Å². The van der Waals surface area contributed by atoms with Gasteiger partial charge in [-0.15, -0.1) is 11.8 Å². The lowest BCUT2D eigenvalue weighted by Gasteiger charge is -2.22. The van der Waals surface area contributed by atoms with E-state index in [0.717, 1.165) is 36.3 Å². The molecule has 0 fully saturated rings. The molecule has 0 saturated carbocycles. The number of hydrogen-bond acceptors (Lipinski definition) is 2. The first kappa shape index (κ1) is 19.3. The number of hydrogen-bond donors (Lipinski definition) is 0. The van der Waals surface area contributed by atoms with E-state index in [4.69, 9.17) is 0 Å². The zero-order valence-electron chi connectivity index (χ0n) is 14.0. The third kappa shape index (κ3) is 5.21. The molecule has 0 spiro atoms. The molecule has 0 aromatic heterocycles. The molecule has 2 rings (SSSR count). The van der Waals surface area contributed by atoms with E-state index < -0.39 is 11.7 Å². The average molecular weight is 371 g/mol. The number of thioether (sulfide) groups is 2. The molecule has 1 aromatic rings. The molecule has 0 radical (unpaired) electrons. The Morgan fingerprint density at radius 3 is 2.29 bits per heavy atom. The van der Waals surface area contributed by atoms with Crippen molar-refractivity contribution in [2.45, 2.75) is 44.2 Å². The molecule has 0 saturated heterocycles. The fourth-order valence-electron chi connectivity index (χ4n) is 2.60. The minimum atomic E-state index is -4.29. The minimum Gasteiger partial charge on any atom is -0.166 e. The number of halogens is 3. The molecule has 0 N–H and O–H groups in total. The van der Waals surface area contributed by atoms with E-state index >= 15 is 0 Å². The fraction of sp³-hybridized carbons (Fsp3) is 0.368. The summed E-state index contributed by atoms with van der Waals surface area (Å²) in [5.41, 5.74) is 3.20. The zero-order valence-corrected chi connectivity index (χ0v) is 15.7. The summed E-state index contributed by atoms with van der Waals surface area (Å²) in [5, 5.41) is 2.16. The summed E-state index contributed by atoms with van der Waals surface area (Å²) in [6.07, 6.45) is 3.08. The second kappa shape index (κ2) is 8.34. The molecule has 0 amide bonds. The van der Waals surface area contributed by atoms with Crippen molar-refractivity contribution in [3.63, 3.8) is 0 Å². The number of allylic oxidation sites excluding steroid dienone is 4. The highest BCUT2D eigenvalue weighted by atomic mass is 32.2. The molecule has 5 heteroatoms. The summed E-state index contributed by atoms with van der Waals surface area (Å²) in [7, 11) is 0. The monoisotopic (exact) mass is 370 g/mol. The molecular weight excluding hydrogens is 349 g/mol. The van der Waals surface area contributed by atoms with E-state index in [0.29, 0.717) is 0 Å². The van der Waals surface area contributed by atoms with Crippen molar-refractivity contribution in [2.24, 2.45) is 0 Å². The molecular formula is C19H21F3S2. The predicted octanol–water partition coefficient (Wildman–Crippen LogP) is 7.45. The lowest BCUT2D eigenvalue weighted by Crippen LogP contribution is -2.04. The first-order valence-corrected chi connectivity index (χ1v) is 9.87. The zero-order chi connectivity index (χ0) is 17.7.